The van der Waals surface area contributed by atoms with E-state index >= 15 is 0 Å². The number of nitrogens with one attached hydrogen (secondary N) is 1. The number of likely N-dealkylation sites (tertiary alicyclic amines) is 1. The number of aliphatic hydroxyl groups is 1. The van der Waals surface area contributed by atoms with Crippen molar-refractivity contribution in [2.45, 2.75) is 63.5 Å². The Labute approximate surface area is 121 Å². The van der Waals surface area contributed by atoms with Gasteiger partial charge in [-0.1, -0.05) is 19.3 Å². The molecule has 0 aromatic heterocycles. The van der Waals surface area contributed by atoms with Crippen molar-refractivity contribution in [2.75, 3.05) is 19.7 Å². The highest BCUT2D eigenvalue weighted by Crippen LogP contribution is 2.24. The minimum atomic E-state index is -0.311. The molecule has 5 nitrogen and oxygen atoms in total. The lowest BCUT2D eigenvalue weighted by molar-refractivity contribution is 0.136. The number of primary amides is 1. The summed E-state index contributed by atoms with van der Waals surface area (Å²) in [4.78, 5) is 13.3. The molecule has 4 N–H and O–H groups in total. The van der Waals surface area contributed by atoms with Crippen molar-refractivity contribution in [3.63, 3.8) is 0 Å². The largest absolute Gasteiger partial charge is 0.396 e. The van der Waals surface area contributed by atoms with Gasteiger partial charge in [-0.05, 0) is 38.0 Å². The fraction of sp³-hybridized carbons (Fsp3) is 0.933. The highest BCUT2D eigenvalue weighted by atomic mass is 16.3. The third kappa shape index (κ3) is 4.63. The van der Waals surface area contributed by atoms with Gasteiger partial charge in [0.05, 0.1) is 0 Å². The number of urea groups is 1. The van der Waals surface area contributed by atoms with Crippen molar-refractivity contribution in [1.82, 2.24) is 10.2 Å². The number of nitrogens with zero attached hydrogens (tertiary/aromatic N) is 1. The zero-order valence-electron chi connectivity index (χ0n) is 12.4. The Bertz CT molecular complexity index is 305. The molecule has 0 spiro atoms. The van der Waals surface area contributed by atoms with E-state index in [4.69, 9.17) is 10.8 Å². The minimum Gasteiger partial charge on any atom is -0.396 e. The maximum atomic E-state index is 11.5. The molecule has 2 amide bonds. The predicted octanol–water partition coefficient (Wildman–Crippen LogP) is 1.45. The Balaban J connectivity index is 1.86. The second kappa shape index (κ2) is 7.84. The van der Waals surface area contributed by atoms with Crippen LogP contribution in [-0.4, -0.2) is 47.8 Å². The van der Waals surface area contributed by atoms with Gasteiger partial charge in [0.25, 0.3) is 0 Å². The van der Waals surface area contributed by atoms with E-state index in [1.807, 2.05) is 0 Å². The van der Waals surface area contributed by atoms with Crippen LogP contribution in [0.15, 0.2) is 0 Å². The van der Waals surface area contributed by atoms with Crippen molar-refractivity contribution in [3.05, 3.63) is 0 Å². The second-order valence-corrected chi connectivity index (χ2v) is 6.41. The van der Waals surface area contributed by atoms with Gasteiger partial charge in [-0.15, -0.1) is 0 Å². The molecule has 20 heavy (non-hydrogen) atoms. The van der Waals surface area contributed by atoms with E-state index in [1.165, 1.54) is 32.1 Å². The number of nitrogens with two attached hydrogens (primary N) is 1. The van der Waals surface area contributed by atoms with Crippen molar-refractivity contribution in [3.8, 4) is 0 Å². The number of carbonyl (C=O) groups excluding carboxylic acids is 1. The van der Waals surface area contributed by atoms with Gasteiger partial charge in [-0.3, -0.25) is 0 Å². The Morgan fingerprint density at radius 3 is 2.60 bits per heavy atom. The summed E-state index contributed by atoms with van der Waals surface area (Å²) in [5, 5.41) is 12.7. The van der Waals surface area contributed by atoms with E-state index in [-0.39, 0.29) is 12.6 Å². The van der Waals surface area contributed by atoms with Gasteiger partial charge in [-0.25, -0.2) is 4.79 Å². The molecule has 2 unspecified atom stereocenters. The Kier molecular flexibility index (Phi) is 6.10. The summed E-state index contributed by atoms with van der Waals surface area (Å²) in [6, 6.07) is 0.664. The van der Waals surface area contributed by atoms with Crippen molar-refractivity contribution < 1.29 is 9.90 Å². The molecule has 1 aliphatic heterocycles. The lowest BCUT2D eigenvalue weighted by atomic mass is 9.88. The number of carbonyl (C=O) groups is 1. The van der Waals surface area contributed by atoms with E-state index in [0.717, 1.165) is 32.4 Å². The van der Waals surface area contributed by atoms with Gasteiger partial charge in [0, 0.05) is 31.8 Å². The molecule has 0 aromatic carbocycles. The molecule has 1 aliphatic carbocycles. The van der Waals surface area contributed by atoms with E-state index in [2.05, 4.69) is 5.32 Å². The van der Waals surface area contributed by atoms with Gasteiger partial charge in [-0.2, -0.15) is 0 Å². The van der Waals surface area contributed by atoms with Crippen LogP contribution in [0, 0.1) is 5.92 Å². The summed E-state index contributed by atoms with van der Waals surface area (Å²) in [5.41, 5.74) is 5.46. The average molecular weight is 283 g/mol. The van der Waals surface area contributed by atoms with Crippen molar-refractivity contribution in [2.24, 2.45) is 11.7 Å². The van der Waals surface area contributed by atoms with Crippen LogP contribution in [0.25, 0.3) is 0 Å². The zero-order valence-corrected chi connectivity index (χ0v) is 12.4. The number of aliphatic hydroxyl groups excluding tert-OH is 1. The van der Waals surface area contributed by atoms with Crippen LogP contribution in [0.4, 0.5) is 4.79 Å². The molecule has 2 aliphatic rings. The molecule has 1 saturated carbocycles. The van der Waals surface area contributed by atoms with Gasteiger partial charge >= 0.3 is 6.03 Å². The molecule has 0 bridgehead atoms. The normalized spacial score (nSPS) is 28.6. The summed E-state index contributed by atoms with van der Waals surface area (Å²) < 4.78 is 0. The SMILES string of the molecule is NC(=O)N1CC(CCCO)CC(NC2CCCCC2)C1. The zero-order chi connectivity index (χ0) is 14.4. The molecule has 2 rings (SSSR count). The van der Waals surface area contributed by atoms with Crippen LogP contribution in [0.5, 0.6) is 0 Å². The molecule has 1 heterocycles. The molecular weight excluding hydrogens is 254 g/mol. The van der Waals surface area contributed by atoms with Gasteiger partial charge < -0.3 is 21.1 Å². The Hall–Kier alpha value is -0.810. The Morgan fingerprint density at radius 1 is 1.20 bits per heavy atom. The van der Waals surface area contributed by atoms with E-state index in [0.29, 0.717) is 18.0 Å². The number of piperidine rings is 1. The van der Waals surface area contributed by atoms with E-state index < -0.39 is 0 Å². The smallest absolute Gasteiger partial charge is 0.314 e. The lowest BCUT2D eigenvalue weighted by Gasteiger charge is -2.39. The minimum absolute atomic E-state index is 0.230. The quantitative estimate of drug-likeness (QED) is 0.714. The summed E-state index contributed by atoms with van der Waals surface area (Å²) in [6.07, 6.45) is 9.39. The maximum Gasteiger partial charge on any atom is 0.314 e. The van der Waals surface area contributed by atoms with Crippen LogP contribution in [-0.2, 0) is 0 Å². The van der Waals surface area contributed by atoms with Crippen LogP contribution >= 0.6 is 0 Å². The maximum absolute atomic E-state index is 11.5. The fourth-order valence-electron chi connectivity index (χ4n) is 3.70. The summed E-state index contributed by atoms with van der Waals surface area (Å²) in [6.45, 7) is 1.72. The van der Waals surface area contributed by atoms with Gasteiger partial charge in [0.2, 0.25) is 0 Å². The molecular formula is C15H29N3O2. The van der Waals surface area contributed by atoms with Crippen LogP contribution in [0.2, 0.25) is 0 Å². The first-order valence-corrected chi connectivity index (χ1v) is 8.10. The van der Waals surface area contributed by atoms with Crippen LogP contribution < -0.4 is 11.1 Å². The van der Waals surface area contributed by atoms with Crippen LogP contribution in [0.1, 0.15) is 51.4 Å². The second-order valence-electron chi connectivity index (χ2n) is 6.41. The fourth-order valence-corrected chi connectivity index (χ4v) is 3.70. The highest BCUT2D eigenvalue weighted by molar-refractivity contribution is 5.72. The predicted molar refractivity (Wildman–Crippen MR) is 79.4 cm³/mol. The van der Waals surface area contributed by atoms with Crippen molar-refractivity contribution >= 4 is 6.03 Å². The first kappa shape index (κ1) is 15.6. The Morgan fingerprint density at radius 2 is 1.95 bits per heavy atom. The number of rotatable bonds is 5. The van der Waals surface area contributed by atoms with E-state index in [9.17, 15) is 4.79 Å². The van der Waals surface area contributed by atoms with Crippen molar-refractivity contribution in [1.29, 1.82) is 0 Å². The van der Waals surface area contributed by atoms with Gasteiger partial charge in [0.15, 0.2) is 0 Å². The standard InChI is InChI=1S/C15H29N3O2/c16-15(20)18-10-12(5-4-8-19)9-14(11-18)17-13-6-2-1-3-7-13/h12-14,17,19H,1-11H2,(H2,16,20). The lowest BCUT2D eigenvalue weighted by Crippen LogP contribution is -2.55. The van der Waals surface area contributed by atoms with Crippen LogP contribution in [0.3, 0.4) is 0 Å². The molecule has 2 atom stereocenters. The topological polar surface area (TPSA) is 78.6 Å². The third-order valence-electron chi connectivity index (χ3n) is 4.70. The molecule has 2 fully saturated rings. The summed E-state index contributed by atoms with van der Waals surface area (Å²) in [7, 11) is 0. The molecule has 5 heteroatoms. The summed E-state index contributed by atoms with van der Waals surface area (Å²) >= 11 is 0. The number of amides is 2. The first-order chi connectivity index (χ1) is 9.69. The first-order valence-electron chi connectivity index (χ1n) is 8.10. The molecule has 0 radical (unpaired) electrons. The molecule has 0 aromatic rings. The average Bonchev–Trinajstić information content (AvgIpc) is 2.46. The van der Waals surface area contributed by atoms with E-state index in [1.54, 1.807) is 4.90 Å². The summed E-state index contributed by atoms with van der Waals surface area (Å²) in [5.74, 6) is 0.462. The number of hydrogen-bond acceptors (Lipinski definition) is 3. The molecule has 1 saturated heterocycles. The monoisotopic (exact) mass is 283 g/mol. The highest BCUT2D eigenvalue weighted by Gasteiger charge is 2.30. The number of hydrogen-bond donors (Lipinski definition) is 3. The molecule has 116 valence electrons. The van der Waals surface area contributed by atoms with Gasteiger partial charge in [0.1, 0.15) is 0 Å². The third-order valence-corrected chi connectivity index (χ3v) is 4.70.